The first-order chi connectivity index (χ1) is 9.00. The Kier molecular flexibility index (Phi) is 3.57. The highest BCUT2D eigenvalue weighted by Gasteiger charge is 2.21. The number of nitrogens with zero attached hydrogens (tertiary/aromatic N) is 3. The lowest BCUT2D eigenvalue weighted by atomic mass is 10.4. The summed E-state index contributed by atoms with van der Waals surface area (Å²) in [5.41, 5.74) is 5.79. The third kappa shape index (κ3) is 2.60. The van der Waals surface area contributed by atoms with Gasteiger partial charge in [-0.2, -0.15) is 4.68 Å². The molecule has 0 amide bonds. The Bertz CT molecular complexity index is 599. The number of aromatic nitrogens is 3. The predicted molar refractivity (Wildman–Crippen MR) is 68.5 cm³/mol. The Morgan fingerprint density at radius 2 is 2.32 bits per heavy atom. The fourth-order valence-electron chi connectivity index (χ4n) is 1.34. The zero-order chi connectivity index (χ0) is 14.0. The number of hydrogen-bond acceptors (Lipinski definition) is 5. The highest BCUT2D eigenvalue weighted by molar-refractivity contribution is 6.34. The van der Waals surface area contributed by atoms with E-state index < -0.39 is 12.1 Å². The fourth-order valence-corrected chi connectivity index (χ4v) is 1.50. The summed E-state index contributed by atoms with van der Waals surface area (Å²) in [5.74, 6) is -0.575. The number of nitrogens with two attached hydrogens (primary N) is 1. The van der Waals surface area contributed by atoms with Crippen LogP contribution in [0, 0.1) is 0 Å². The third-order valence-corrected chi connectivity index (χ3v) is 2.69. The molecule has 0 saturated carbocycles. The van der Waals surface area contributed by atoms with Gasteiger partial charge in [0.2, 0.25) is 0 Å². The first-order valence-electron chi connectivity index (χ1n) is 5.35. The van der Waals surface area contributed by atoms with Crippen molar-refractivity contribution in [1.29, 1.82) is 0 Å². The van der Waals surface area contributed by atoms with Crippen LogP contribution in [0.5, 0.6) is 5.88 Å². The summed E-state index contributed by atoms with van der Waals surface area (Å²) in [7, 11) is 0. The Labute approximate surface area is 113 Å². The topological polar surface area (TPSA) is 103 Å². The predicted octanol–water partition coefficient (Wildman–Crippen LogP) is 1.35. The third-order valence-electron chi connectivity index (χ3n) is 2.33. The van der Waals surface area contributed by atoms with Crippen molar-refractivity contribution in [1.82, 2.24) is 14.8 Å². The molecule has 3 N–H and O–H groups in total. The van der Waals surface area contributed by atoms with Crippen molar-refractivity contribution < 1.29 is 14.6 Å². The molecule has 2 rings (SSSR count). The number of ether oxygens (including phenoxy) is 1. The second-order valence-electron chi connectivity index (χ2n) is 3.70. The molecule has 0 aliphatic rings. The van der Waals surface area contributed by atoms with Crippen molar-refractivity contribution >= 4 is 23.4 Å². The van der Waals surface area contributed by atoms with Crippen molar-refractivity contribution in [3.05, 3.63) is 29.4 Å². The van der Waals surface area contributed by atoms with Crippen LogP contribution in [0.1, 0.15) is 6.92 Å². The molecule has 0 aliphatic carbocycles. The molecule has 19 heavy (non-hydrogen) atoms. The first-order valence-corrected chi connectivity index (χ1v) is 5.73. The quantitative estimate of drug-likeness (QED) is 0.877. The highest BCUT2D eigenvalue weighted by atomic mass is 35.5. The number of halogens is 1. The molecule has 7 nitrogen and oxygen atoms in total. The summed E-state index contributed by atoms with van der Waals surface area (Å²) < 4.78 is 6.40. The van der Waals surface area contributed by atoms with E-state index in [1.165, 1.54) is 11.6 Å². The summed E-state index contributed by atoms with van der Waals surface area (Å²) in [6, 6.07) is 5.19. The van der Waals surface area contributed by atoms with E-state index >= 15 is 0 Å². The number of carboxylic acid groups (broad SMARTS) is 1. The van der Waals surface area contributed by atoms with Crippen molar-refractivity contribution in [2.75, 3.05) is 5.73 Å². The van der Waals surface area contributed by atoms with E-state index in [0.29, 0.717) is 5.82 Å². The zero-order valence-corrected chi connectivity index (χ0v) is 10.7. The standard InChI is InChI=1S/C11H11ClN4O3/c1-6(11(17)18)19-10-8(12)9(13)16(15-10)7-4-2-3-5-14-7/h2-6H,13H2,1H3,(H,17,18)/t6-/m1/s1. The van der Waals surface area contributed by atoms with Crippen LogP contribution in [-0.2, 0) is 4.79 Å². The lowest BCUT2D eigenvalue weighted by Gasteiger charge is -2.06. The van der Waals surface area contributed by atoms with E-state index in [4.69, 9.17) is 27.2 Å². The fraction of sp³-hybridized carbons (Fsp3) is 0.182. The Morgan fingerprint density at radius 3 is 2.89 bits per heavy atom. The van der Waals surface area contributed by atoms with E-state index in [-0.39, 0.29) is 16.7 Å². The van der Waals surface area contributed by atoms with Gasteiger partial charge in [-0.05, 0) is 19.1 Å². The molecule has 0 radical (unpaired) electrons. The number of carbonyl (C=O) groups is 1. The maximum absolute atomic E-state index is 10.7. The molecule has 0 spiro atoms. The number of aliphatic carboxylic acids is 1. The van der Waals surface area contributed by atoms with Crippen LogP contribution in [-0.4, -0.2) is 31.9 Å². The van der Waals surface area contributed by atoms with Gasteiger partial charge in [0.25, 0.3) is 5.88 Å². The summed E-state index contributed by atoms with van der Waals surface area (Å²) >= 11 is 5.96. The number of anilines is 1. The van der Waals surface area contributed by atoms with Gasteiger partial charge in [0, 0.05) is 6.20 Å². The largest absolute Gasteiger partial charge is 0.479 e. The smallest absolute Gasteiger partial charge is 0.344 e. The van der Waals surface area contributed by atoms with Crippen LogP contribution in [0.2, 0.25) is 5.02 Å². The first kappa shape index (κ1) is 13.2. The Morgan fingerprint density at radius 1 is 1.58 bits per heavy atom. The number of pyridine rings is 1. The Hall–Kier alpha value is -2.28. The van der Waals surface area contributed by atoms with Gasteiger partial charge in [-0.25, -0.2) is 9.78 Å². The number of rotatable bonds is 4. The second kappa shape index (κ2) is 5.15. The van der Waals surface area contributed by atoms with Crippen LogP contribution in [0.3, 0.4) is 0 Å². The zero-order valence-electron chi connectivity index (χ0n) is 9.95. The van der Waals surface area contributed by atoms with Crippen LogP contribution in [0.25, 0.3) is 5.82 Å². The van der Waals surface area contributed by atoms with Crippen LogP contribution in [0.4, 0.5) is 5.82 Å². The van der Waals surface area contributed by atoms with Gasteiger partial charge in [0.05, 0.1) is 0 Å². The van der Waals surface area contributed by atoms with Gasteiger partial charge in [0.15, 0.2) is 17.7 Å². The van der Waals surface area contributed by atoms with Gasteiger partial charge in [0.1, 0.15) is 5.02 Å². The SMILES string of the molecule is C[C@@H](Oc1nn(-c2ccccn2)c(N)c1Cl)C(=O)O. The van der Waals surface area contributed by atoms with Crippen LogP contribution in [0.15, 0.2) is 24.4 Å². The minimum absolute atomic E-state index is 0.0419. The van der Waals surface area contributed by atoms with Gasteiger partial charge >= 0.3 is 5.97 Å². The van der Waals surface area contributed by atoms with Crippen LogP contribution >= 0.6 is 11.6 Å². The monoisotopic (exact) mass is 282 g/mol. The summed E-state index contributed by atoms with van der Waals surface area (Å²) in [4.78, 5) is 14.8. The molecule has 0 aromatic carbocycles. The number of carboxylic acids is 1. The summed E-state index contributed by atoms with van der Waals surface area (Å²) in [6.07, 6.45) is 0.495. The van der Waals surface area contributed by atoms with Crippen molar-refractivity contribution in [2.45, 2.75) is 13.0 Å². The molecule has 2 heterocycles. The van der Waals surface area contributed by atoms with Gasteiger partial charge in [-0.15, -0.1) is 5.10 Å². The summed E-state index contributed by atoms with van der Waals surface area (Å²) in [6.45, 7) is 1.37. The second-order valence-corrected chi connectivity index (χ2v) is 4.08. The van der Waals surface area contributed by atoms with E-state index in [9.17, 15) is 4.79 Å². The molecule has 2 aromatic rings. The van der Waals surface area contributed by atoms with Crippen molar-refractivity contribution in [3.8, 4) is 11.7 Å². The average Bonchev–Trinajstić information content (AvgIpc) is 2.68. The van der Waals surface area contributed by atoms with E-state index in [2.05, 4.69) is 10.1 Å². The molecule has 0 aliphatic heterocycles. The molecule has 0 unspecified atom stereocenters. The van der Waals surface area contributed by atoms with E-state index in [0.717, 1.165) is 0 Å². The molecular formula is C11H11ClN4O3. The summed E-state index contributed by atoms with van der Waals surface area (Å²) in [5, 5.41) is 12.8. The molecule has 0 fully saturated rings. The minimum atomic E-state index is -1.12. The molecule has 100 valence electrons. The van der Waals surface area contributed by atoms with Gasteiger partial charge in [-0.1, -0.05) is 17.7 Å². The van der Waals surface area contributed by atoms with Gasteiger partial charge < -0.3 is 15.6 Å². The molecule has 2 aromatic heterocycles. The lowest BCUT2D eigenvalue weighted by molar-refractivity contribution is -0.144. The normalized spacial score (nSPS) is 12.1. The van der Waals surface area contributed by atoms with Crippen LogP contribution < -0.4 is 10.5 Å². The van der Waals surface area contributed by atoms with Gasteiger partial charge in [-0.3, -0.25) is 0 Å². The molecule has 1 atom stereocenters. The average molecular weight is 283 g/mol. The van der Waals surface area contributed by atoms with Crippen molar-refractivity contribution in [2.24, 2.45) is 0 Å². The Balaban J connectivity index is 2.36. The highest BCUT2D eigenvalue weighted by Crippen LogP contribution is 2.31. The lowest BCUT2D eigenvalue weighted by Crippen LogP contribution is -2.23. The minimum Gasteiger partial charge on any atom is -0.479 e. The maximum Gasteiger partial charge on any atom is 0.344 e. The molecule has 0 saturated heterocycles. The molecule has 8 heteroatoms. The maximum atomic E-state index is 10.7. The van der Waals surface area contributed by atoms with E-state index in [1.54, 1.807) is 24.4 Å². The number of hydrogen-bond donors (Lipinski definition) is 2. The molecular weight excluding hydrogens is 272 g/mol. The number of nitrogen functional groups attached to an aromatic ring is 1. The van der Waals surface area contributed by atoms with E-state index in [1.807, 2.05) is 0 Å². The van der Waals surface area contributed by atoms with Crippen molar-refractivity contribution in [3.63, 3.8) is 0 Å². The molecule has 0 bridgehead atoms.